The lowest BCUT2D eigenvalue weighted by molar-refractivity contribution is 0.833. The molecule has 5 nitrogen and oxygen atoms in total. The lowest BCUT2D eigenvalue weighted by Gasteiger charge is -2.18. The molecule has 0 bridgehead atoms. The van der Waals surface area contributed by atoms with E-state index in [0.717, 1.165) is 36.1 Å². The summed E-state index contributed by atoms with van der Waals surface area (Å²) in [5, 5.41) is 15.2. The zero-order valence-corrected chi connectivity index (χ0v) is 13.7. The molecule has 2 rings (SSSR count). The van der Waals surface area contributed by atoms with Crippen molar-refractivity contribution in [2.75, 3.05) is 17.2 Å². The first-order valence-electron chi connectivity index (χ1n) is 7.91. The Morgan fingerprint density at radius 2 is 1.83 bits per heavy atom. The Bertz CT molecular complexity index is 824. The number of nitriles is 1. The van der Waals surface area contributed by atoms with E-state index in [-0.39, 0.29) is 0 Å². The molecule has 0 aliphatic rings. The molecule has 0 atom stereocenters. The Kier molecular flexibility index (Phi) is 5.17. The van der Waals surface area contributed by atoms with Crippen LogP contribution in [0.3, 0.4) is 0 Å². The summed E-state index contributed by atoms with van der Waals surface area (Å²) in [7, 11) is 0. The number of hydrogen-bond donors (Lipinski definition) is 2. The van der Waals surface area contributed by atoms with E-state index in [1.54, 1.807) is 12.1 Å². The van der Waals surface area contributed by atoms with Gasteiger partial charge < -0.3 is 10.6 Å². The molecule has 23 heavy (non-hydrogen) atoms. The molecule has 0 spiro atoms. The van der Waals surface area contributed by atoms with Gasteiger partial charge in [-0.25, -0.2) is 0 Å². The maximum atomic E-state index is 11.9. The van der Waals surface area contributed by atoms with Gasteiger partial charge in [0.2, 0.25) is 0 Å². The second-order valence-corrected chi connectivity index (χ2v) is 5.54. The Labute approximate surface area is 135 Å². The number of hydrogen-bond acceptors (Lipinski definition) is 5. The van der Waals surface area contributed by atoms with Gasteiger partial charge in [-0.15, -0.1) is 0 Å². The highest BCUT2D eigenvalue weighted by molar-refractivity contribution is 5.80. The average Bonchev–Trinajstić information content (AvgIpc) is 2.57. The second-order valence-electron chi connectivity index (χ2n) is 5.54. The van der Waals surface area contributed by atoms with Gasteiger partial charge in [0.15, 0.2) is 0 Å². The molecule has 0 aliphatic heterocycles. The van der Waals surface area contributed by atoms with E-state index in [4.69, 9.17) is 5.26 Å². The van der Waals surface area contributed by atoms with Crippen molar-refractivity contribution < 1.29 is 0 Å². The van der Waals surface area contributed by atoms with Crippen molar-refractivity contribution in [3.63, 3.8) is 0 Å². The number of nitrogens with zero attached hydrogens (tertiary/aromatic N) is 1. The van der Waals surface area contributed by atoms with E-state index in [9.17, 15) is 9.59 Å². The van der Waals surface area contributed by atoms with Crippen LogP contribution < -0.4 is 21.5 Å². The first-order valence-corrected chi connectivity index (χ1v) is 7.91. The molecule has 2 N–H and O–H groups in total. The molecule has 120 valence electrons. The van der Waals surface area contributed by atoms with Crippen molar-refractivity contribution in [2.45, 2.75) is 40.0 Å². The fraction of sp³-hybridized carbons (Fsp3) is 0.389. The van der Waals surface area contributed by atoms with Crippen molar-refractivity contribution in [1.29, 1.82) is 5.26 Å². The van der Waals surface area contributed by atoms with Crippen molar-refractivity contribution in [3.8, 4) is 6.07 Å². The Morgan fingerprint density at radius 3 is 2.43 bits per heavy atom. The molecule has 0 unspecified atom stereocenters. The molecule has 2 aromatic rings. The number of anilines is 3. The van der Waals surface area contributed by atoms with Crippen LogP contribution in [-0.4, -0.2) is 6.54 Å². The zero-order chi connectivity index (χ0) is 17.0. The number of benzene rings is 1. The Hall–Kier alpha value is -2.61. The zero-order valence-electron chi connectivity index (χ0n) is 13.7. The summed E-state index contributed by atoms with van der Waals surface area (Å²) >= 11 is 0. The number of nitrogens with one attached hydrogen (secondary N) is 2. The third-order valence-electron chi connectivity index (χ3n) is 4.07. The third-order valence-corrected chi connectivity index (χ3v) is 4.07. The molecule has 0 fully saturated rings. The van der Waals surface area contributed by atoms with Gasteiger partial charge in [0, 0.05) is 12.2 Å². The van der Waals surface area contributed by atoms with Gasteiger partial charge in [-0.1, -0.05) is 20.3 Å². The lowest BCUT2D eigenvalue weighted by atomic mass is 9.98. The fourth-order valence-corrected chi connectivity index (χ4v) is 2.66. The van der Waals surface area contributed by atoms with Gasteiger partial charge in [-0.2, -0.15) is 5.26 Å². The standard InChI is InChI=1S/C18H21N3O2/c1-4-6-9-20-15-16(18(23)17(15)22)21-14-8-7-12(10-19)11(3)13(14)5-2/h7-8,20-21H,4-6,9H2,1-3H3. The van der Waals surface area contributed by atoms with E-state index in [1.807, 2.05) is 13.8 Å². The predicted octanol–water partition coefficient (Wildman–Crippen LogP) is 2.98. The van der Waals surface area contributed by atoms with Crippen LogP contribution in [0, 0.1) is 18.3 Å². The molecule has 5 heteroatoms. The molecule has 0 saturated carbocycles. The molecular formula is C18H21N3O2. The van der Waals surface area contributed by atoms with Gasteiger partial charge in [-0.05, 0) is 43.0 Å². The second kappa shape index (κ2) is 7.10. The Balaban J connectivity index is 2.32. The maximum absolute atomic E-state index is 11.9. The summed E-state index contributed by atoms with van der Waals surface area (Å²) < 4.78 is 0. The fourth-order valence-electron chi connectivity index (χ4n) is 2.66. The van der Waals surface area contributed by atoms with Crippen LogP contribution in [0.1, 0.15) is 43.4 Å². The highest BCUT2D eigenvalue weighted by Gasteiger charge is 2.21. The summed E-state index contributed by atoms with van der Waals surface area (Å²) in [4.78, 5) is 23.6. The monoisotopic (exact) mass is 311 g/mol. The van der Waals surface area contributed by atoms with Crippen LogP contribution >= 0.6 is 0 Å². The molecule has 0 heterocycles. The largest absolute Gasteiger partial charge is 0.380 e. The van der Waals surface area contributed by atoms with E-state index in [0.29, 0.717) is 23.5 Å². The van der Waals surface area contributed by atoms with Crippen LogP contribution in [0.15, 0.2) is 21.7 Å². The van der Waals surface area contributed by atoms with Crippen LogP contribution in [0.25, 0.3) is 0 Å². The van der Waals surface area contributed by atoms with Crippen LogP contribution in [0.4, 0.5) is 17.1 Å². The van der Waals surface area contributed by atoms with Gasteiger partial charge in [0.1, 0.15) is 11.4 Å². The van der Waals surface area contributed by atoms with E-state index < -0.39 is 10.9 Å². The highest BCUT2D eigenvalue weighted by Crippen LogP contribution is 2.28. The summed E-state index contributed by atoms with van der Waals surface area (Å²) in [6.45, 7) is 6.63. The summed E-state index contributed by atoms with van der Waals surface area (Å²) in [5.41, 5.74) is 3.02. The lowest BCUT2D eigenvalue weighted by Crippen LogP contribution is -2.37. The minimum absolute atomic E-state index is 0.324. The molecule has 0 saturated heterocycles. The minimum atomic E-state index is -0.493. The molecule has 0 aromatic heterocycles. The quantitative estimate of drug-likeness (QED) is 0.607. The molecule has 2 aromatic carbocycles. The minimum Gasteiger partial charge on any atom is -0.380 e. The topological polar surface area (TPSA) is 82.0 Å². The smallest absolute Gasteiger partial charge is 0.253 e. The van der Waals surface area contributed by atoms with E-state index in [1.165, 1.54) is 0 Å². The number of unbranched alkanes of at least 4 members (excludes halogenated alkanes) is 1. The SMILES string of the molecule is CCCCNc1c(Nc2ccc(C#N)c(C)c2CC)c(=O)c1=O. The van der Waals surface area contributed by atoms with Crippen molar-refractivity contribution in [1.82, 2.24) is 0 Å². The predicted molar refractivity (Wildman–Crippen MR) is 93.3 cm³/mol. The van der Waals surface area contributed by atoms with Crippen LogP contribution in [0.5, 0.6) is 0 Å². The number of rotatable bonds is 7. The van der Waals surface area contributed by atoms with E-state index >= 15 is 0 Å². The Morgan fingerprint density at radius 1 is 1.13 bits per heavy atom. The van der Waals surface area contributed by atoms with Crippen molar-refractivity contribution in [2.24, 2.45) is 0 Å². The first-order chi connectivity index (χ1) is 11.0. The van der Waals surface area contributed by atoms with Gasteiger partial charge in [0.05, 0.1) is 11.6 Å². The van der Waals surface area contributed by atoms with Gasteiger partial charge in [-0.3, -0.25) is 9.59 Å². The van der Waals surface area contributed by atoms with Crippen LogP contribution in [0.2, 0.25) is 0 Å². The third kappa shape index (κ3) is 3.11. The highest BCUT2D eigenvalue weighted by atomic mass is 16.2. The summed E-state index contributed by atoms with van der Waals surface area (Å²) in [6.07, 6.45) is 2.69. The average molecular weight is 311 g/mol. The van der Waals surface area contributed by atoms with Gasteiger partial charge >= 0.3 is 0 Å². The normalized spacial score (nSPS) is 10.5. The van der Waals surface area contributed by atoms with Crippen molar-refractivity contribution in [3.05, 3.63) is 49.3 Å². The van der Waals surface area contributed by atoms with Crippen molar-refractivity contribution >= 4 is 17.1 Å². The first kappa shape index (κ1) is 16.8. The van der Waals surface area contributed by atoms with Crippen LogP contribution in [-0.2, 0) is 6.42 Å². The summed E-state index contributed by atoms with van der Waals surface area (Å²) in [6, 6.07) is 5.68. The molecule has 0 radical (unpaired) electrons. The summed E-state index contributed by atoms with van der Waals surface area (Å²) in [5.74, 6) is 0. The molecule has 0 amide bonds. The van der Waals surface area contributed by atoms with Gasteiger partial charge in [0.25, 0.3) is 10.9 Å². The molecule has 0 aliphatic carbocycles. The van der Waals surface area contributed by atoms with E-state index in [2.05, 4.69) is 23.6 Å². The maximum Gasteiger partial charge on any atom is 0.253 e. The molecular weight excluding hydrogens is 290 g/mol.